The zero-order chi connectivity index (χ0) is 15.8. The summed E-state index contributed by atoms with van der Waals surface area (Å²) in [6, 6.07) is 3.79. The quantitative estimate of drug-likeness (QED) is 0.491. The van der Waals surface area contributed by atoms with Crippen molar-refractivity contribution in [2.24, 2.45) is 0 Å². The molecule has 8 nitrogen and oxygen atoms in total. The Morgan fingerprint density at radius 2 is 1.60 bits per heavy atom. The van der Waals surface area contributed by atoms with Crippen LogP contribution in [0.2, 0.25) is 10.0 Å². The molecular weight excluding hydrogens is 357 g/mol. The maximum Gasteiger partial charge on any atom is 0.373 e. The van der Waals surface area contributed by atoms with Gasteiger partial charge in [-0.25, -0.2) is 0 Å². The average Bonchev–Trinajstić information content (AvgIpc) is 2.24. The van der Waals surface area contributed by atoms with Crippen LogP contribution >= 0.6 is 38.4 Å². The zero-order valence-electron chi connectivity index (χ0n) is 9.55. The summed E-state index contributed by atoms with van der Waals surface area (Å²) in [5.74, 6) is -0.156. The van der Waals surface area contributed by atoms with Crippen molar-refractivity contribution in [1.82, 2.24) is 0 Å². The number of halogens is 2. The highest BCUT2D eigenvalue weighted by atomic mass is 35.5. The predicted octanol–water partition coefficient (Wildman–Crippen LogP) is 1.37. The maximum atomic E-state index is 11.1. The lowest BCUT2D eigenvalue weighted by Crippen LogP contribution is -2.35. The molecule has 0 saturated heterocycles. The molecule has 0 saturated carbocycles. The van der Waals surface area contributed by atoms with Gasteiger partial charge < -0.3 is 29.4 Å². The molecule has 5 N–H and O–H groups in total. The fraction of sp³-hybridized carbons (Fsp3) is 0.250. The van der Waals surface area contributed by atoms with E-state index in [-0.39, 0.29) is 15.8 Å². The second kappa shape index (κ2) is 5.93. The van der Waals surface area contributed by atoms with Gasteiger partial charge in [0.15, 0.2) is 0 Å². The summed E-state index contributed by atoms with van der Waals surface area (Å²) in [6.45, 7) is -1.36. The third kappa shape index (κ3) is 3.74. The van der Waals surface area contributed by atoms with Crippen LogP contribution in [0.3, 0.4) is 0 Å². The minimum atomic E-state index is -5.57. The Hall–Kier alpha value is -0.140. The largest absolute Gasteiger partial charge is 0.488 e. The summed E-state index contributed by atoms with van der Waals surface area (Å²) in [5, 5.41) is 6.10. The summed E-state index contributed by atoms with van der Waals surface area (Å²) in [6.07, 6.45) is 0. The summed E-state index contributed by atoms with van der Waals surface area (Å²) in [5.41, 5.74) is 0. The molecule has 0 fully saturated rings. The molecule has 20 heavy (non-hydrogen) atoms. The van der Waals surface area contributed by atoms with Crippen molar-refractivity contribution in [2.75, 3.05) is 6.61 Å². The Balaban J connectivity index is 3.06. The predicted molar refractivity (Wildman–Crippen MR) is 71.0 cm³/mol. The van der Waals surface area contributed by atoms with Crippen LogP contribution in [-0.4, -0.2) is 36.4 Å². The number of ether oxygens (including phenoxy) is 1. The van der Waals surface area contributed by atoms with Crippen molar-refractivity contribution in [1.29, 1.82) is 0 Å². The molecule has 114 valence electrons. The van der Waals surface area contributed by atoms with Gasteiger partial charge in [-0.1, -0.05) is 23.2 Å². The number of benzene rings is 1. The standard InChI is InChI=1S/C8H10Cl2O8P2/c9-5-1-2-7(6(10)3-5)18-4-8(11,19(12,13)14)20(15,16)17/h1-3,11H,4H2,(H2,12,13,14)(H2,15,16,17). The Morgan fingerprint density at radius 1 is 1.10 bits per heavy atom. The third-order valence-electron chi connectivity index (χ3n) is 2.25. The third-order valence-corrected chi connectivity index (χ3v) is 6.47. The molecule has 0 amide bonds. The van der Waals surface area contributed by atoms with Crippen molar-refractivity contribution < 1.29 is 38.5 Å². The molecule has 0 radical (unpaired) electrons. The van der Waals surface area contributed by atoms with Crippen LogP contribution in [0.1, 0.15) is 0 Å². The minimum Gasteiger partial charge on any atom is -0.488 e. The van der Waals surface area contributed by atoms with E-state index in [1.165, 1.54) is 18.2 Å². The van der Waals surface area contributed by atoms with Gasteiger partial charge in [0, 0.05) is 5.02 Å². The van der Waals surface area contributed by atoms with Crippen molar-refractivity contribution in [3.8, 4) is 5.75 Å². The zero-order valence-corrected chi connectivity index (χ0v) is 12.9. The average molecular weight is 367 g/mol. The van der Waals surface area contributed by atoms with E-state index in [1.807, 2.05) is 0 Å². The molecule has 0 heterocycles. The Labute approximate surface area is 123 Å². The van der Waals surface area contributed by atoms with Crippen molar-refractivity contribution >= 4 is 38.4 Å². The number of hydrogen-bond donors (Lipinski definition) is 5. The molecule has 1 aromatic rings. The second-order valence-electron chi connectivity index (χ2n) is 3.73. The van der Waals surface area contributed by atoms with Crippen LogP contribution in [0, 0.1) is 0 Å². The first-order valence-electron chi connectivity index (χ1n) is 4.80. The van der Waals surface area contributed by atoms with Crippen LogP contribution in [0.15, 0.2) is 18.2 Å². The van der Waals surface area contributed by atoms with Gasteiger partial charge in [-0.3, -0.25) is 9.13 Å². The van der Waals surface area contributed by atoms with Gasteiger partial charge in [0.05, 0.1) is 5.02 Å². The minimum absolute atomic E-state index is 0.0590. The summed E-state index contributed by atoms with van der Waals surface area (Å²) in [4.78, 5) is 35.6. The van der Waals surface area contributed by atoms with Gasteiger partial charge in [-0.2, -0.15) is 0 Å². The van der Waals surface area contributed by atoms with E-state index in [4.69, 9.17) is 47.5 Å². The van der Waals surface area contributed by atoms with E-state index in [0.29, 0.717) is 0 Å². The molecule has 0 bridgehead atoms. The number of rotatable bonds is 5. The van der Waals surface area contributed by atoms with Crippen LogP contribution < -0.4 is 4.74 Å². The van der Waals surface area contributed by atoms with Crippen LogP contribution in [0.25, 0.3) is 0 Å². The summed E-state index contributed by atoms with van der Waals surface area (Å²) >= 11 is 11.3. The van der Waals surface area contributed by atoms with Crippen LogP contribution in [0.4, 0.5) is 0 Å². The molecule has 0 aliphatic heterocycles. The normalized spacial score (nSPS) is 13.3. The van der Waals surface area contributed by atoms with Crippen LogP contribution in [0.5, 0.6) is 5.75 Å². The summed E-state index contributed by atoms with van der Waals surface area (Å²) in [7, 11) is -11.1. The van der Waals surface area contributed by atoms with E-state index >= 15 is 0 Å². The molecule has 1 rings (SSSR count). The smallest absolute Gasteiger partial charge is 0.373 e. The molecule has 0 unspecified atom stereocenters. The molecule has 12 heteroatoms. The highest BCUT2D eigenvalue weighted by molar-refractivity contribution is 7.72. The van der Waals surface area contributed by atoms with Gasteiger partial charge in [-0.05, 0) is 18.2 Å². The lowest BCUT2D eigenvalue weighted by atomic mass is 10.3. The lowest BCUT2D eigenvalue weighted by Gasteiger charge is -2.28. The molecule has 0 atom stereocenters. The molecule has 1 aromatic carbocycles. The molecule has 0 aromatic heterocycles. The van der Waals surface area contributed by atoms with Gasteiger partial charge in [0.25, 0.3) is 0 Å². The van der Waals surface area contributed by atoms with Crippen LogP contribution in [-0.2, 0) is 9.13 Å². The van der Waals surface area contributed by atoms with Gasteiger partial charge in [-0.15, -0.1) is 0 Å². The van der Waals surface area contributed by atoms with Crippen molar-refractivity contribution in [3.05, 3.63) is 28.2 Å². The second-order valence-corrected chi connectivity index (χ2v) is 8.58. The Bertz CT molecular complexity index is 572. The summed E-state index contributed by atoms with van der Waals surface area (Å²) < 4.78 is 26.9. The monoisotopic (exact) mass is 366 g/mol. The first-order chi connectivity index (χ1) is 8.88. The van der Waals surface area contributed by atoms with E-state index in [2.05, 4.69) is 0 Å². The fourth-order valence-corrected chi connectivity index (χ4v) is 3.39. The van der Waals surface area contributed by atoms with Gasteiger partial charge in [0.1, 0.15) is 12.4 Å². The van der Waals surface area contributed by atoms with Gasteiger partial charge >= 0.3 is 20.3 Å². The fourth-order valence-electron chi connectivity index (χ4n) is 1.10. The first-order valence-corrected chi connectivity index (χ1v) is 8.78. The molecule has 0 aliphatic carbocycles. The first kappa shape index (κ1) is 17.9. The van der Waals surface area contributed by atoms with Gasteiger partial charge in [0.2, 0.25) is 0 Å². The highest BCUT2D eigenvalue weighted by Gasteiger charge is 2.60. The number of aliphatic hydroxyl groups is 1. The molecule has 0 spiro atoms. The SMILES string of the molecule is O=P(O)(O)C(O)(COc1ccc(Cl)cc1Cl)P(=O)(O)O. The Morgan fingerprint density at radius 3 is 2.00 bits per heavy atom. The molecule has 0 aliphatic rings. The number of hydrogen-bond acceptors (Lipinski definition) is 4. The maximum absolute atomic E-state index is 11.1. The highest BCUT2D eigenvalue weighted by Crippen LogP contribution is 2.67. The van der Waals surface area contributed by atoms with E-state index in [9.17, 15) is 14.2 Å². The topological polar surface area (TPSA) is 145 Å². The molecular formula is C8H10Cl2O8P2. The van der Waals surface area contributed by atoms with E-state index < -0.39 is 26.9 Å². The van der Waals surface area contributed by atoms with Crippen molar-refractivity contribution in [3.63, 3.8) is 0 Å². The van der Waals surface area contributed by atoms with E-state index in [1.54, 1.807) is 0 Å². The van der Waals surface area contributed by atoms with E-state index in [0.717, 1.165) is 0 Å². The van der Waals surface area contributed by atoms with Crippen molar-refractivity contribution in [2.45, 2.75) is 5.08 Å². The Kier molecular flexibility index (Phi) is 5.31. The lowest BCUT2D eigenvalue weighted by molar-refractivity contribution is 0.0818.